The van der Waals surface area contributed by atoms with E-state index in [2.05, 4.69) is 10.1 Å². The van der Waals surface area contributed by atoms with Crippen LogP contribution in [0.5, 0.6) is 0 Å². The maximum atomic E-state index is 12.8. The van der Waals surface area contributed by atoms with Crippen molar-refractivity contribution in [1.82, 2.24) is 14.6 Å². The molecule has 0 radical (unpaired) electrons. The molecule has 4 rings (SSSR count). The summed E-state index contributed by atoms with van der Waals surface area (Å²) in [6.07, 6.45) is -0.519. The number of aromatic nitrogens is 3. The Bertz CT molecular complexity index is 1130. The lowest BCUT2D eigenvalue weighted by atomic mass is 9.90. The highest BCUT2D eigenvalue weighted by atomic mass is 19.4. The zero-order valence-electron chi connectivity index (χ0n) is 15.7. The Labute approximate surface area is 165 Å². The highest BCUT2D eigenvalue weighted by Crippen LogP contribution is 2.32. The van der Waals surface area contributed by atoms with E-state index in [0.29, 0.717) is 23.2 Å². The average Bonchev–Trinajstić information content (AvgIpc) is 3.12. The van der Waals surface area contributed by atoms with Crippen molar-refractivity contribution in [3.63, 3.8) is 0 Å². The van der Waals surface area contributed by atoms with Gasteiger partial charge in [0.15, 0.2) is 5.65 Å². The van der Waals surface area contributed by atoms with Crippen LogP contribution < -0.4 is 5.73 Å². The summed E-state index contributed by atoms with van der Waals surface area (Å²) in [5.74, 6) is 0. The number of nitrogens with two attached hydrogens (primary N) is 1. The van der Waals surface area contributed by atoms with Gasteiger partial charge in [0.1, 0.15) is 0 Å². The van der Waals surface area contributed by atoms with Gasteiger partial charge in [-0.25, -0.2) is 9.50 Å². The molecule has 2 aromatic carbocycles. The summed E-state index contributed by atoms with van der Waals surface area (Å²) < 4.78 is 40.2. The van der Waals surface area contributed by atoms with Crippen LogP contribution in [0.1, 0.15) is 23.7 Å². The maximum absolute atomic E-state index is 12.8. The highest BCUT2D eigenvalue weighted by Gasteiger charge is 2.30. The van der Waals surface area contributed by atoms with Crippen LogP contribution in [0.2, 0.25) is 0 Å². The quantitative estimate of drug-likeness (QED) is 0.537. The summed E-state index contributed by atoms with van der Waals surface area (Å²) >= 11 is 0. The first kappa shape index (κ1) is 19.1. The van der Waals surface area contributed by atoms with E-state index in [4.69, 9.17) is 5.73 Å². The fraction of sp³-hybridized carbons (Fsp3) is 0.182. The monoisotopic (exact) mass is 396 g/mol. The maximum Gasteiger partial charge on any atom is 0.416 e. The molecule has 2 N–H and O–H groups in total. The van der Waals surface area contributed by atoms with Crippen molar-refractivity contribution in [1.29, 1.82) is 0 Å². The highest BCUT2D eigenvalue weighted by molar-refractivity contribution is 5.77. The van der Waals surface area contributed by atoms with Gasteiger partial charge in [-0.15, -0.1) is 0 Å². The molecule has 1 atom stereocenters. The third-order valence-corrected chi connectivity index (χ3v) is 4.92. The largest absolute Gasteiger partial charge is 0.416 e. The molecule has 0 aliphatic rings. The molecule has 0 saturated carbocycles. The molecular formula is C22H19F3N4. The van der Waals surface area contributed by atoms with Crippen molar-refractivity contribution in [3.8, 4) is 11.1 Å². The Morgan fingerprint density at radius 3 is 2.31 bits per heavy atom. The lowest BCUT2D eigenvalue weighted by Crippen LogP contribution is -2.37. The molecule has 0 saturated heterocycles. The van der Waals surface area contributed by atoms with Gasteiger partial charge >= 0.3 is 6.18 Å². The van der Waals surface area contributed by atoms with Gasteiger partial charge in [-0.1, -0.05) is 42.5 Å². The molecule has 2 aromatic heterocycles. The van der Waals surface area contributed by atoms with Crippen molar-refractivity contribution < 1.29 is 13.2 Å². The predicted octanol–water partition coefficient (Wildman–Crippen LogP) is 4.83. The Kier molecular flexibility index (Phi) is 4.62. The summed E-state index contributed by atoms with van der Waals surface area (Å²) in [7, 11) is 0. The number of rotatable bonds is 4. The standard InChI is InChI=1S/C22H19F3N4/c1-21(26,13-15-5-3-2-4-6-15)19-11-12-27-20-18(14-28-29(19)20)16-7-9-17(10-8-16)22(23,24)25/h2-12,14H,13,26H2,1H3/t21-/m1/s1. The van der Waals surface area contributed by atoms with Crippen LogP contribution in [0.3, 0.4) is 0 Å². The van der Waals surface area contributed by atoms with Crippen molar-refractivity contribution in [2.75, 3.05) is 0 Å². The summed E-state index contributed by atoms with van der Waals surface area (Å²) in [5.41, 5.74) is 8.90. The van der Waals surface area contributed by atoms with E-state index in [0.717, 1.165) is 23.4 Å². The van der Waals surface area contributed by atoms with Gasteiger partial charge in [0.25, 0.3) is 0 Å². The number of benzene rings is 2. The van der Waals surface area contributed by atoms with Gasteiger partial charge in [0.2, 0.25) is 0 Å². The zero-order chi connectivity index (χ0) is 20.6. The molecule has 0 amide bonds. The van der Waals surface area contributed by atoms with Crippen molar-refractivity contribution in [2.45, 2.75) is 25.1 Å². The molecule has 0 aliphatic heterocycles. The molecule has 0 spiro atoms. The summed E-state index contributed by atoms with van der Waals surface area (Å²) in [5, 5.41) is 4.43. The van der Waals surface area contributed by atoms with Crippen LogP contribution in [0.25, 0.3) is 16.8 Å². The molecule has 2 heterocycles. The molecule has 148 valence electrons. The third kappa shape index (κ3) is 3.73. The number of hydrogen-bond acceptors (Lipinski definition) is 3. The van der Waals surface area contributed by atoms with E-state index in [9.17, 15) is 13.2 Å². The Hall–Kier alpha value is -3.19. The average molecular weight is 396 g/mol. The summed E-state index contributed by atoms with van der Waals surface area (Å²) in [4.78, 5) is 4.39. The van der Waals surface area contributed by atoms with E-state index in [-0.39, 0.29) is 0 Å². The van der Waals surface area contributed by atoms with Crippen molar-refractivity contribution in [3.05, 3.63) is 89.9 Å². The van der Waals surface area contributed by atoms with Crippen LogP contribution in [0.15, 0.2) is 73.1 Å². The van der Waals surface area contributed by atoms with E-state index < -0.39 is 17.3 Å². The number of hydrogen-bond donors (Lipinski definition) is 1. The van der Waals surface area contributed by atoms with Gasteiger partial charge in [-0.2, -0.15) is 18.3 Å². The molecule has 0 unspecified atom stereocenters. The predicted molar refractivity (Wildman–Crippen MR) is 105 cm³/mol. The lowest BCUT2D eigenvalue weighted by molar-refractivity contribution is -0.137. The summed E-state index contributed by atoms with van der Waals surface area (Å²) in [6.45, 7) is 1.92. The van der Waals surface area contributed by atoms with Gasteiger partial charge < -0.3 is 5.73 Å². The van der Waals surface area contributed by atoms with Crippen LogP contribution in [-0.2, 0) is 18.1 Å². The zero-order valence-corrected chi connectivity index (χ0v) is 15.7. The fourth-order valence-corrected chi connectivity index (χ4v) is 3.48. The van der Waals surface area contributed by atoms with Gasteiger partial charge in [0, 0.05) is 11.8 Å². The minimum atomic E-state index is -4.37. The molecule has 0 bridgehead atoms. The first-order chi connectivity index (χ1) is 13.8. The van der Waals surface area contributed by atoms with Crippen LogP contribution >= 0.6 is 0 Å². The molecule has 7 heteroatoms. The smallest absolute Gasteiger partial charge is 0.320 e. The van der Waals surface area contributed by atoms with Crippen LogP contribution in [0.4, 0.5) is 13.2 Å². The number of nitrogens with zero attached hydrogens (tertiary/aromatic N) is 3. The normalized spacial score (nSPS) is 14.1. The molecule has 4 nitrogen and oxygen atoms in total. The van der Waals surface area contributed by atoms with Gasteiger partial charge in [-0.3, -0.25) is 0 Å². The lowest BCUT2D eigenvalue weighted by Gasteiger charge is -2.25. The van der Waals surface area contributed by atoms with Crippen LogP contribution in [0, 0.1) is 0 Å². The molecule has 4 aromatic rings. The second-order valence-electron chi connectivity index (χ2n) is 7.28. The van der Waals surface area contributed by atoms with Crippen LogP contribution in [-0.4, -0.2) is 14.6 Å². The topological polar surface area (TPSA) is 56.2 Å². The van der Waals surface area contributed by atoms with Gasteiger partial charge in [-0.05, 0) is 42.7 Å². The molecule has 0 fully saturated rings. The number of fused-ring (bicyclic) bond motifs is 1. The second kappa shape index (κ2) is 7.00. The number of alkyl halides is 3. The molecular weight excluding hydrogens is 377 g/mol. The van der Waals surface area contributed by atoms with Crippen molar-refractivity contribution in [2.24, 2.45) is 5.73 Å². The number of halogens is 3. The third-order valence-electron chi connectivity index (χ3n) is 4.92. The minimum absolute atomic E-state index is 0.548. The van der Waals surface area contributed by atoms with E-state index in [1.54, 1.807) is 16.9 Å². The van der Waals surface area contributed by atoms with E-state index >= 15 is 0 Å². The summed E-state index contributed by atoms with van der Waals surface area (Å²) in [6, 6.07) is 16.7. The minimum Gasteiger partial charge on any atom is -0.320 e. The van der Waals surface area contributed by atoms with Crippen molar-refractivity contribution >= 4 is 5.65 Å². The second-order valence-corrected chi connectivity index (χ2v) is 7.28. The molecule has 29 heavy (non-hydrogen) atoms. The first-order valence-electron chi connectivity index (χ1n) is 9.09. The van der Waals surface area contributed by atoms with Gasteiger partial charge in [0.05, 0.1) is 23.0 Å². The molecule has 0 aliphatic carbocycles. The Balaban J connectivity index is 1.73. The fourth-order valence-electron chi connectivity index (χ4n) is 3.48. The SMILES string of the molecule is C[C@@](N)(Cc1ccccc1)c1ccnc2c(-c3ccc(C(F)(F)F)cc3)cnn12. The van der Waals surface area contributed by atoms with E-state index in [1.165, 1.54) is 12.1 Å². The Morgan fingerprint density at radius 1 is 0.966 bits per heavy atom. The first-order valence-corrected chi connectivity index (χ1v) is 9.09. The van der Waals surface area contributed by atoms with E-state index in [1.807, 2.05) is 43.3 Å². The Morgan fingerprint density at radius 2 is 1.66 bits per heavy atom.